The van der Waals surface area contributed by atoms with Crippen molar-refractivity contribution in [1.82, 2.24) is 5.48 Å². The van der Waals surface area contributed by atoms with Gasteiger partial charge in [0, 0.05) is 12.5 Å². The molecular weight excluding hydrogens is 182 g/mol. The van der Waals surface area contributed by atoms with Gasteiger partial charge in [0.2, 0.25) is 5.91 Å². The molecule has 0 aromatic carbocycles. The third kappa shape index (κ3) is 2.96. The van der Waals surface area contributed by atoms with Crippen molar-refractivity contribution in [1.29, 1.82) is 0 Å². The summed E-state index contributed by atoms with van der Waals surface area (Å²) in [4.78, 5) is 16.6. The average Bonchev–Trinajstić information content (AvgIpc) is 2.61. The van der Waals surface area contributed by atoms with Crippen LogP contribution in [-0.4, -0.2) is 26.2 Å². The number of rotatable bonds is 5. The molecule has 1 saturated carbocycles. The van der Waals surface area contributed by atoms with E-state index in [1.165, 1.54) is 0 Å². The molecule has 1 amide bonds. The van der Waals surface area contributed by atoms with Crippen LogP contribution < -0.4 is 5.48 Å². The lowest BCUT2D eigenvalue weighted by Gasteiger charge is -2.21. The Balaban J connectivity index is 2.20. The summed E-state index contributed by atoms with van der Waals surface area (Å²) in [5, 5.41) is 0. The normalized spacial score (nSPS) is 19.6. The maximum atomic E-state index is 11.7. The van der Waals surface area contributed by atoms with E-state index in [4.69, 9.17) is 9.57 Å². The molecule has 0 spiro atoms. The fraction of sp³-hybridized carbons (Fsp3) is 0.900. The first-order valence-electron chi connectivity index (χ1n) is 5.10. The topological polar surface area (TPSA) is 47.6 Å². The highest BCUT2D eigenvalue weighted by molar-refractivity contribution is 5.81. The van der Waals surface area contributed by atoms with Crippen molar-refractivity contribution in [3.63, 3.8) is 0 Å². The number of nitrogens with one attached hydrogen (secondary N) is 1. The lowest BCUT2D eigenvalue weighted by Crippen LogP contribution is -2.37. The van der Waals surface area contributed by atoms with Gasteiger partial charge in [-0.1, -0.05) is 19.8 Å². The molecule has 0 atom stereocenters. The maximum absolute atomic E-state index is 11.7. The molecule has 0 aromatic rings. The smallest absolute Gasteiger partial charge is 0.249 e. The molecule has 82 valence electrons. The molecule has 4 nitrogen and oxygen atoms in total. The predicted octanol–water partition coefficient (Wildman–Crippen LogP) is 1.26. The van der Waals surface area contributed by atoms with Crippen LogP contribution >= 0.6 is 0 Å². The molecule has 0 aliphatic heterocycles. The van der Waals surface area contributed by atoms with E-state index < -0.39 is 0 Å². The number of ether oxygens (including phenoxy) is 1. The van der Waals surface area contributed by atoms with Gasteiger partial charge in [-0.05, 0) is 12.8 Å². The Bertz CT molecular complexity index is 188. The van der Waals surface area contributed by atoms with E-state index in [-0.39, 0.29) is 11.3 Å². The van der Waals surface area contributed by atoms with E-state index in [1.807, 2.05) is 6.92 Å². The van der Waals surface area contributed by atoms with Crippen LogP contribution in [0.1, 0.15) is 32.6 Å². The van der Waals surface area contributed by atoms with Crippen LogP contribution in [0.15, 0.2) is 0 Å². The van der Waals surface area contributed by atoms with Crippen LogP contribution in [0, 0.1) is 5.41 Å². The molecular formula is C10H19NO3. The molecule has 1 aliphatic rings. The van der Waals surface area contributed by atoms with Gasteiger partial charge in [-0.2, -0.15) is 0 Å². The Morgan fingerprint density at radius 3 is 2.57 bits per heavy atom. The van der Waals surface area contributed by atoms with Crippen molar-refractivity contribution in [2.75, 3.05) is 20.3 Å². The molecule has 0 unspecified atom stereocenters. The summed E-state index contributed by atoms with van der Waals surface area (Å²) < 4.78 is 4.80. The summed E-state index contributed by atoms with van der Waals surface area (Å²) in [6, 6.07) is 0. The lowest BCUT2D eigenvalue weighted by molar-refractivity contribution is -0.144. The zero-order chi connectivity index (χ0) is 10.4. The summed E-state index contributed by atoms with van der Waals surface area (Å²) in [5.41, 5.74) is 2.27. The van der Waals surface area contributed by atoms with Gasteiger partial charge in [-0.3, -0.25) is 9.63 Å². The molecule has 0 heterocycles. The zero-order valence-corrected chi connectivity index (χ0v) is 8.97. The van der Waals surface area contributed by atoms with Gasteiger partial charge in [0.1, 0.15) is 0 Å². The molecule has 4 heteroatoms. The minimum atomic E-state index is -0.215. The maximum Gasteiger partial charge on any atom is 0.249 e. The van der Waals surface area contributed by atoms with Gasteiger partial charge >= 0.3 is 0 Å². The van der Waals surface area contributed by atoms with Gasteiger partial charge in [-0.25, -0.2) is 5.48 Å². The third-order valence-corrected chi connectivity index (χ3v) is 2.81. The Morgan fingerprint density at radius 1 is 1.36 bits per heavy atom. The quantitative estimate of drug-likeness (QED) is 0.538. The largest absolute Gasteiger partial charge is 0.382 e. The molecule has 1 N–H and O–H groups in total. The molecule has 0 saturated heterocycles. The Labute approximate surface area is 84.9 Å². The fourth-order valence-corrected chi connectivity index (χ4v) is 1.75. The second kappa shape index (κ2) is 5.32. The summed E-state index contributed by atoms with van der Waals surface area (Å²) >= 11 is 0. The zero-order valence-electron chi connectivity index (χ0n) is 8.97. The van der Waals surface area contributed by atoms with Crippen LogP contribution in [-0.2, 0) is 14.4 Å². The fourth-order valence-electron chi connectivity index (χ4n) is 1.75. The van der Waals surface area contributed by atoms with Crippen molar-refractivity contribution in [2.45, 2.75) is 32.6 Å². The predicted molar refractivity (Wildman–Crippen MR) is 52.5 cm³/mol. The first-order valence-corrected chi connectivity index (χ1v) is 5.10. The Kier molecular flexibility index (Phi) is 4.35. The standard InChI is InChI=1S/C10H19NO3/c1-10(5-3-4-6-10)9(12)11-14-8-7-13-2/h3-8H2,1-2H3,(H,11,12). The highest BCUT2D eigenvalue weighted by Crippen LogP contribution is 2.37. The molecule has 0 bridgehead atoms. The highest BCUT2D eigenvalue weighted by Gasteiger charge is 2.36. The molecule has 14 heavy (non-hydrogen) atoms. The molecule has 1 rings (SSSR count). The van der Waals surface area contributed by atoms with Crippen molar-refractivity contribution in [3.05, 3.63) is 0 Å². The van der Waals surface area contributed by atoms with E-state index in [9.17, 15) is 4.79 Å². The van der Waals surface area contributed by atoms with Crippen LogP contribution in [0.5, 0.6) is 0 Å². The van der Waals surface area contributed by atoms with Crippen molar-refractivity contribution < 1.29 is 14.4 Å². The van der Waals surface area contributed by atoms with E-state index in [2.05, 4.69) is 5.48 Å². The molecule has 0 radical (unpaired) electrons. The molecule has 0 aromatic heterocycles. The van der Waals surface area contributed by atoms with Gasteiger partial charge < -0.3 is 4.74 Å². The number of amides is 1. The van der Waals surface area contributed by atoms with Crippen molar-refractivity contribution in [2.24, 2.45) is 5.41 Å². The highest BCUT2D eigenvalue weighted by atomic mass is 16.7. The number of hydrogen-bond donors (Lipinski definition) is 1. The average molecular weight is 201 g/mol. The van der Waals surface area contributed by atoms with Crippen molar-refractivity contribution in [3.8, 4) is 0 Å². The van der Waals surface area contributed by atoms with E-state index >= 15 is 0 Å². The second-order valence-electron chi connectivity index (χ2n) is 4.04. The monoisotopic (exact) mass is 201 g/mol. The number of carbonyl (C=O) groups excluding carboxylic acids is 1. The summed E-state index contributed by atoms with van der Waals surface area (Å²) in [5.74, 6) is 0.00565. The minimum Gasteiger partial charge on any atom is -0.382 e. The van der Waals surface area contributed by atoms with Crippen LogP contribution in [0.3, 0.4) is 0 Å². The van der Waals surface area contributed by atoms with E-state index in [1.54, 1.807) is 7.11 Å². The number of hydroxylamine groups is 1. The van der Waals surface area contributed by atoms with Crippen LogP contribution in [0.25, 0.3) is 0 Å². The van der Waals surface area contributed by atoms with E-state index in [0.29, 0.717) is 13.2 Å². The Hall–Kier alpha value is -0.610. The summed E-state index contributed by atoms with van der Waals surface area (Å²) in [7, 11) is 1.60. The van der Waals surface area contributed by atoms with Gasteiger partial charge in [-0.15, -0.1) is 0 Å². The van der Waals surface area contributed by atoms with Crippen molar-refractivity contribution >= 4 is 5.91 Å². The number of methoxy groups -OCH3 is 1. The number of carbonyl (C=O) groups is 1. The molecule has 1 aliphatic carbocycles. The van der Waals surface area contributed by atoms with Gasteiger partial charge in [0.15, 0.2) is 0 Å². The molecule has 1 fully saturated rings. The first-order chi connectivity index (χ1) is 6.69. The second-order valence-corrected chi connectivity index (χ2v) is 4.04. The Morgan fingerprint density at radius 2 is 2.00 bits per heavy atom. The third-order valence-electron chi connectivity index (χ3n) is 2.81. The summed E-state index contributed by atoms with van der Waals surface area (Å²) in [6.07, 6.45) is 4.21. The SMILES string of the molecule is COCCONC(=O)C1(C)CCCC1. The van der Waals surface area contributed by atoms with Gasteiger partial charge in [0.05, 0.1) is 13.2 Å². The minimum absolute atomic E-state index is 0.00565. The number of hydrogen-bond acceptors (Lipinski definition) is 3. The first kappa shape index (κ1) is 11.5. The lowest BCUT2D eigenvalue weighted by atomic mass is 9.88. The summed E-state index contributed by atoms with van der Waals surface area (Å²) in [6.45, 7) is 2.89. The van der Waals surface area contributed by atoms with Gasteiger partial charge in [0.25, 0.3) is 0 Å². The van der Waals surface area contributed by atoms with E-state index in [0.717, 1.165) is 25.7 Å². The van der Waals surface area contributed by atoms with Crippen LogP contribution in [0.2, 0.25) is 0 Å². The van der Waals surface area contributed by atoms with Crippen LogP contribution in [0.4, 0.5) is 0 Å².